The van der Waals surface area contributed by atoms with Crippen LogP contribution in [0.2, 0.25) is 0 Å². The maximum Gasteiger partial charge on any atom is 0.338 e. The van der Waals surface area contributed by atoms with Gasteiger partial charge in [0, 0.05) is 16.7 Å². The van der Waals surface area contributed by atoms with Gasteiger partial charge in [-0.05, 0) is 80.3 Å². The summed E-state index contributed by atoms with van der Waals surface area (Å²) in [5.41, 5.74) is 5.37. The molecule has 0 aromatic heterocycles. The molecule has 0 amide bonds. The minimum Gasteiger partial charge on any atom is -0.464 e. The van der Waals surface area contributed by atoms with E-state index in [9.17, 15) is 9.59 Å². The Labute approximate surface area is 206 Å². The van der Waals surface area contributed by atoms with Crippen molar-refractivity contribution in [3.8, 4) is 39.5 Å². The highest BCUT2D eigenvalue weighted by molar-refractivity contribution is 5.89. The number of carbonyl (C=O) groups excluding carboxylic acids is 2. The Bertz CT molecular complexity index is 1290. The second kappa shape index (κ2) is 11.2. The van der Waals surface area contributed by atoms with E-state index < -0.39 is 11.9 Å². The summed E-state index contributed by atoms with van der Waals surface area (Å²) in [6.07, 6.45) is 1.70. The number of esters is 2. The van der Waals surface area contributed by atoms with E-state index in [0.717, 1.165) is 27.8 Å². The molecule has 3 aromatic rings. The SMILES string of the molecule is C=C(C)C(=O)Oc1ccc(-c2ccc(-c3ccc(OC(=O)C(=C)C)cc3)c(OC=C(C)C)c2)cc1. The van der Waals surface area contributed by atoms with Gasteiger partial charge in [0.1, 0.15) is 17.2 Å². The van der Waals surface area contributed by atoms with Crippen molar-refractivity contribution in [3.63, 3.8) is 0 Å². The van der Waals surface area contributed by atoms with Crippen LogP contribution in [0.3, 0.4) is 0 Å². The number of rotatable bonds is 8. The highest BCUT2D eigenvalue weighted by Crippen LogP contribution is 2.36. The van der Waals surface area contributed by atoms with Gasteiger partial charge in [0.15, 0.2) is 0 Å². The molecular weight excluding hydrogens is 440 g/mol. The third kappa shape index (κ3) is 6.81. The smallest absolute Gasteiger partial charge is 0.338 e. The molecule has 0 atom stereocenters. The van der Waals surface area contributed by atoms with Gasteiger partial charge in [-0.3, -0.25) is 0 Å². The molecule has 178 valence electrons. The summed E-state index contributed by atoms with van der Waals surface area (Å²) >= 11 is 0. The summed E-state index contributed by atoms with van der Waals surface area (Å²) in [5, 5.41) is 0. The summed E-state index contributed by atoms with van der Waals surface area (Å²) in [6, 6.07) is 20.4. The summed E-state index contributed by atoms with van der Waals surface area (Å²) in [4.78, 5) is 23.5. The fourth-order valence-electron chi connectivity index (χ4n) is 3.03. The van der Waals surface area contributed by atoms with Crippen LogP contribution < -0.4 is 14.2 Å². The highest BCUT2D eigenvalue weighted by atomic mass is 16.5. The summed E-state index contributed by atoms with van der Waals surface area (Å²) < 4.78 is 16.6. The number of carbonyl (C=O) groups is 2. The Kier molecular flexibility index (Phi) is 8.05. The Morgan fingerprint density at radius 3 is 1.57 bits per heavy atom. The van der Waals surface area contributed by atoms with Crippen molar-refractivity contribution in [2.24, 2.45) is 0 Å². The van der Waals surface area contributed by atoms with Gasteiger partial charge in [0.05, 0.1) is 6.26 Å². The van der Waals surface area contributed by atoms with Gasteiger partial charge in [0.25, 0.3) is 0 Å². The quantitative estimate of drug-likeness (QED) is 0.150. The van der Waals surface area contributed by atoms with Crippen LogP contribution in [0.25, 0.3) is 22.3 Å². The zero-order chi connectivity index (χ0) is 25.5. The van der Waals surface area contributed by atoms with Crippen molar-refractivity contribution in [1.29, 1.82) is 0 Å². The maximum absolute atomic E-state index is 11.8. The predicted octanol–water partition coefficient (Wildman–Crippen LogP) is 7.29. The van der Waals surface area contributed by atoms with Gasteiger partial charge in [-0.1, -0.05) is 49.6 Å². The summed E-state index contributed by atoms with van der Waals surface area (Å²) in [5.74, 6) is 0.646. The molecule has 0 heterocycles. The van der Waals surface area contributed by atoms with Crippen LogP contribution in [0.4, 0.5) is 0 Å². The van der Waals surface area contributed by atoms with Crippen molar-refractivity contribution in [3.05, 3.63) is 103 Å². The van der Waals surface area contributed by atoms with Gasteiger partial charge in [0.2, 0.25) is 0 Å². The van der Waals surface area contributed by atoms with Crippen molar-refractivity contribution in [2.75, 3.05) is 0 Å². The Balaban J connectivity index is 1.91. The van der Waals surface area contributed by atoms with Crippen LogP contribution in [0, 0.1) is 0 Å². The summed E-state index contributed by atoms with van der Waals surface area (Å²) in [6.45, 7) is 14.3. The zero-order valence-corrected chi connectivity index (χ0v) is 20.4. The second-order valence-electron chi connectivity index (χ2n) is 8.41. The van der Waals surface area contributed by atoms with Crippen LogP contribution in [0.5, 0.6) is 17.2 Å². The third-order valence-electron chi connectivity index (χ3n) is 4.87. The van der Waals surface area contributed by atoms with Gasteiger partial charge < -0.3 is 14.2 Å². The van der Waals surface area contributed by atoms with E-state index in [4.69, 9.17) is 14.2 Å². The van der Waals surface area contributed by atoms with E-state index in [-0.39, 0.29) is 0 Å². The van der Waals surface area contributed by atoms with Crippen molar-refractivity contribution in [1.82, 2.24) is 0 Å². The van der Waals surface area contributed by atoms with Crippen LogP contribution in [-0.2, 0) is 9.59 Å². The lowest BCUT2D eigenvalue weighted by Crippen LogP contribution is -2.07. The molecule has 0 N–H and O–H groups in total. The molecule has 0 unspecified atom stereocenters. The van der Waals surface area contributed by atoms with Crippen LogP contribution in [0.15, 0.2) is 103 Å². The molecule has 0 radical (unpaired) electrons. The molecular formula is C30H28O5. The number of hydrogen-bond donors (Lipinski definition) is 0. The third-order valence-corrected chi connectivity index (χ3v) is 4.87. The first kappa shape index (κ1) is 25.2. The van der Waals surface area contributed by atoms with E-state index >= 15 is 0 Å². The molecule has 0 bridgehead atoms. The average Bonchev–Trinajstić information content (AvgIpc) is 2.83. The molecule has 0 fully saturated rings. The predicted molar refractivity (Wildman–Crippen MR) is 138 cm³/mol. The monoisotopic (exact) mass is 468 g/mol. The van der Waals surface area contributed by atoms with Gasteiger partial charge in [-0.15, -0.1) is 0 Å². The molecule has 0 aliphatic rings. The van der Waals surface area contributed by atoms with E-state index in [2.05, 4.69) is 13.2 Å². The van der Waals surface area contributed by atoms with Crippen molar-refractivity contribution >= 4 is 11.9 Å². The fourth-order valence-corrected chi connectivity index (χ4v) is 3.03. The molecule has 0 aliphatic carbocycles. The minimum atomic E-state index is -0.463. The molecule has 0 saturated heterocycles. The number of allylic oxidation sites excluding steroid dienone is 1. The first-order valence-electron chi connectivity index (χ1n) is 11.0. The van der Waals surface area contributed by atoms with Crippen molar-refractivity contribution < 1.29 is 23.8 Å². The molecule has 0 saturated carbocycles. The lowest BCUT2D eigenvalue weighted by atomic mass is 9.99. The molecule has 3 rings (SSSR count). The van der Waals surface area contributed by atoms with Crippen molar-refractivity contribution in [2.45, 2.75) is 27.7 Å². The molecule has 35 heavy (non-hydrogen) atoms. The van der Waals surface area contributed by atoms with E-state index in [1.165, 1.54) is 0 Å². The normalized spacial score (nSPS) is 10.2. The number of benzene rings is 3. The minimum absolute atomic E-state index is 0.337. The van der Waals surface area contributed by atoms with Crippen LogP contribution >= 0.6 is 0 Å². The van der Waals surface area contributed by atoms with E-state index in [0.29, 0.717) is 28.4 Å². The van der Waals surface area contributed by atoms with Crippen LogP contribution in [-0.4, -0.2) is 11.9 Å². The van der Waals surface area contributed by atoms with E-state index in [1.54, 1.807) is 44.4 Å². The Morgan fingerprint density at radius 2 is 1.11 bits per heavy atom. The lowest BCUT2D eigenvalue weighted by Gasteiger charge is -2.13. The second-order valence-corrected chi connectivity index (χ2v) is 8.41. The van der Waals surface area contributed by atoms with Gasteiger partial charge in [-0.2, -0.15) is 0 Å². The molecule has 5 nitrogen and oxygen atoms in total. The number of hydrogen-bond acceptors (Lipinski definition) is 5. The first-order valence-corrected chi connectivity index (χ1v) is 11.0. The molecule has 3 aromatic carbocycles. The fraction of sp³-hybridized carbons (Fsp3) is 0.133. The first-order chi connectivity index (χ1) is 16.6. The highest BCUT2D eigenvalue weighted by Gasteiger charge is 2.12. The largest absolute Gasteiger partial charge is 0.464 e. The molecule has 5 heteroatoms. The summed E-state index contributed by atoms with van der Waals surface area (Å²) in [7, 11) is 0. The van der Waals surface area contributed by atoms with Crippen LogP contribution in [0.1, 0.15) is 27.7 Å². The Hall–Kier alpha value is -4.38. The Morgan fingerprint density at radius 1 is 0.657 bits per heavy atom. The standard InChI is InChI=1S/C30H28O5/c1-19(2)18-33-28-17-24(22-7-12-25(13-8-22)34-29(31)20(3)4)11-16-27(28)23-9-14-26(15-10-23)35-30(32)21(5)6/h7-18H,3,5H2,1-2,4,6H3. The molecule has 0 spiro atoms. The maximum atomic E-state index is 11.8. The van der Waals surface area contributed by atoms with Gasteiger partial charge in [-0.25, -0.2) is 9.59 Å². The number of ether oxygens (including phenoxy) is 3. The topological polar surface area (TPSA) is 61.8 Å². The van der Waals surface area contributed by atoms with Gasteiger partial charge >= 0.3 is 11.9 Å². The average molecular weight is 469 g/mol. The molecule has 0 aliphatic heterocycles. The zero-order valence-electron chi connectivity index (χ0n) is 20.4. The lowest BCUT2D eigenvalue weighted by molar-refractivity contribution is -0.130. The van der Waals surface area contributed by atoms with E-state index in [1.807, 2.05) is 56.3 Å².